The van der Waals surface area contributed by atoms with Gasteiger partial charge < -0.3 is 24.7 Å². The molecule has 0 bridgehead atoms. The van der Waals surface area contributed by atoms with Gasteiger partial charge in [-0.15, -0.1) is 0 Å². The fourth-order valence-electron chi connectivity index (χ4n) is 2.17. The minimum atomic E-state index is -5.51. The topological polar surface area (TPSA) is 148 Å². The van der Waals surface area contributed by atoms with Gasteiger partial charge >= 0.3 is 15.2 Å². The van der Waals surface area contributed by atoms with E-state index in [4.69, 9.17) is 0 Å². The summed E-state index contributed by atoms with van der Waals surface area (Å²) in [5.41, 5.74) is 2.14. The molecule has 1 aromatic rings. The summed E-state index contributed by atoms with van der Waals surface area (Å²) in [6.07, 6.45) is 1.26. The average molecular weight is 339 g/mol. The quantitative estimate of drug-likeness (QED) is 0.512. The molecule has 0 spiro atoms. The Kier molecular flexibility index (Phi) is 4.88. The minimum absolute atomic E-state index is 0.173. The standard InChI is InChI=1S/C11H19NO7P2/c1-6-7(2)10(5-12-9(6)4)8(3)11(13,20(14,15)16)21(17,18)19/h5,8,13H,1-4H3,(H2,14,15,16)(H2,17,18,19). The number of rotatable bonds is 4. The molecular formula is C11H19NO7P2. The van der Waals surface area contributed by atoms with E-state index in [1.807, 2.05) is 0 Å². The van der Waals surface area contributed by atoms with E-state index in [1.165, 1.54) is 6.20 Å². The molecule has 21 heavy (non-hydrogen) atoms. The third kappa shape index (κ3) is 2.98. The van der Waals surface area contributed by atoms with Crippen molar-refractivity contribution in [2.45, 2.75) is 38.7 Å². The van der Waals surface area contributed by atoms with Gasteiger partial charge in [0.05, 0.1) is 0 Å². The predicted molar refractivity (Wildman–Crippen MR) is 75.9 cm³/mol. The summed E-state index contributed by atoms with van der Waals surface area (Å²) >= 11 is 0. The lowest BCUT2D eigenvalue weighted by Crippen LogP contribution is -2.35. The third-order valence-electron chi connectivity index (χ3n) is 3.84. The van der Waals surface area contributed by atoms with Crippen molar-refractivity contribution in [1.29, 1.82) is 0 Å². The van der Waals surface area contributed by atoms with Crippen LogP contribution in [0.4, 0.5) is 0 Å². The summed E-state index contributed by atoms with van der Waals surface area (Å²) in [6.45, 7) is 6.24. The fourth-order valence-corrected chi connectivity index (χ4v) is 4.81. The van der Waals surface area contributed by atoms with E-state index in [0.29, 0.717) is 11.3 Å². The lowest BCUT2D eigenvalue weighted by Gasteiger charge is -2.35. The van der Waals surface area contributed by atoms with Gasteiger partial charge in [0.15, 0.2) is 0 Å². The van der Waals surface area contributed by atoms with Gasteiger partial charge in [0.2, 0.25) is 0 Å². The van der Waals surface area contributed by atoms with Gasteiger partial charge in [-0.3, -0.25) is 14.1 Å². The summed E-state index contributed by atoms with van der Waals surface area (Å²) in [5.74, 6) is -1.51. The third-order valence-corrected chi connectivity index (χ3v) is 7.89. The molecule has 10 heteroatoms. The van der Waals surface area contributed by atoms with E-state index in [9.17, 15) is 33.8 Å². The van der Waals surface area contributed by atoms with Gasteiger partial charge in [-0.05, 0) is 37.5 Å². The lowest BCUT2D eigenvalue weighted by molar-refractivity contribution is 0.111. The molecule has 1 aromatic heterocycles. The van der Waals surface area contributed by atoms with Crippen molar-refractivity contribution in [2.75, 3.05) is 0 Å². The molecule has 0 saturated heterocycles. The maximum absolute atomic E-state index is 11.5. The number of hydrogen-bond donors (Lipinski definition) is 5. The van der Waals surface area contributed by atoms with Crippen molar-refractivity contribution in [2.24, 2.45) is 0 Å². The summed E-state index contributed by atoms with van der Waals surface area (Å²) in [5, 5.41) is 6.64. The van der Waals surface area contributed by atoms with Crippen LogP contribution >= 0.6 is 15.2 Å². The van der Waals surface area contributed by atoms with E-state index in [0.717, 1.165) is 12.5 Å². The van der Waals surface area contributed by atoms with E-state index < -0.39 is 26.2 Å². The van der Waals surface area contributed by atoms with Gasteiger partial charge in [0.1, 0.15) is 0 Å². The van der Waals surface area contributed by atoms with Gasteiger partial charge in [0.25, 0.3) is 5.08 Å². The Morgan fingerprint density at radius 3 is 1.86 bits per heavy atom. The highest BCUT2D eigenvalue weighted by atomic mass is 31.2. The van der Waals surface area contributed by atoms with Crippen LogP contribution in [-0.2, 0) is 9.13 Å². The molecule has 0 aliphatic rings. The Bertz CT molecular complexity index is 626. The predicted octanol–water partition coefficient (Wildman–Crippen LogP) is 1.11. The van der Waals surface area contributed by atoms with Gasteiger partial charge in [-0.1, -0.05) is 6.92 Å². The number of hydrogen-bond acceptors (Lipinski definition) is 4. The van der Waals surface area contributed by atoms with Crippen LogP contribution in [0.1, 0.15) is 35.2 Å². The van der Waals surface area contributed by atoms with Gasteiger partial charge in [-0.2, -0.15) is 0 Å². The van der Waals surface area contributed by atoms with Crippen LogP contribution in [-0.4, -0.2) is 34.7 Å². The van der Waals surface area contributed by atoms with Crippen LogP contribution in [0.15, 0.2) is 6.20 Å². The molecule has 0 amide bonds. The summed E-state index contributed by atoms with van der Waals surface area (Å²) in [4.78, 5) is 41.1. The van der Waals surface area contributed by atoms with Crippen LogP contribution in [0.25, 0.3) is 0 Å². The first-order valence-corrected chi connectivity index (χ1v) is 9.24. The van der Waals surface area contributed by atoms with Crippen molar-refractivity contribution in [3.05, 3.63) is 28.6 Å². The smallest absolute Gasteiger partial charge is 0.367 e. The largest absolute Gasteiger partial charge is 0.370 e. The molecule has 0 aromatic carbocycles. The Labute approximate surface area is 122 Å². The molecule has 0 radical (unpaired) electrons. The van der Waals surface area contributed by atoms with E-state index >= 15 is 0 Å². The van der Waals surface area contributed by atoms with Gasteiger partial charge in [-0.25, -0.2) is 0 Å². The highest BCUT2D eigenvalue weighted by Crippen LogP contribution is 2.72. The molecule has 0 fully saturated rings. The Morgan fingerprint density at radius 2 is 1.48 bits per heavy atom. The highest BCUT2D eigenvalue weighted by molar-refractivity contribution is 7.72. The first-order valence-electron chi connectivity index (χ1n) is 6.01. The van der Waals surface area contributed by atoms with E-state index in [2.05, 4.69) is 4.98 Å². The maximum Gasteiger partial charge on any atom is 0.370 e. The van der Waals surface area contributed by atoms with Crippen molar-refractivity contribution in [3.63, 3.8) is 0 Å². The second kappa shape index (κ2) is 5.56. The number of aryl methyl sites for hydroxylation is 1. The van der Waals surface area contributed by atoms with Crippen molar-refractivity contribution < 1.29 is 33.8 Å². The van der Waals surface area contributed by atoms with Crippen LogP contribution in [0.2, 0.25) is 0 Å². The van der Waals surface area contributed by atoms with Crippen LogP contribution in [0.3, 0.4) is 0 Å². The van der Waals surface area contributed by atoms with E-state index in [-0.39, 0.29) is 5.56 Å². The number of nitrogens with zero attached hydrogens (tertiary/aromatic N) is 1. The molecule has 120 valence electrons. The molecule has 1 heterocycles. The normalized spacial score (nSPS) is 15.1. The second-order valence-corrected chi connectivity index (χ2v) is 8.94. The van der Waals surface area contributed by atoms with Crippen LogP contribution < -0.4 is 0 Å². The van der Waals surface area contributed by atoms with E-state index in [1.54, 1.807) is 20.8 Å². The summed E-state index contributed by atoms with van der Waals surface area (Å²) in [6, 6.07) is 0. The average Bonchev–Trinajstić information content (AvgIpc) is 2.31. The zero-order valence-electron chi connectivity index (χ0n) is 12.0. The monoisotopic (exact) mass is 339 g/mol. The number of aliphatic hydroxyl groups is 1. The molecule has 1 rings (SSSR count). The number of pyridine rings is 1. The zero-order valence-corrected chi connectivity index (χ0v) is 13.8. The Morgan fingerprint density at radius 1 is 1.05 bits per heavy atom. The molecule has 8 nitrogen and oxygen atoms in total. The molecule has 1 atom stereocenters. The van der Waals surface area contributed by atoms with Crippen LogP contribution in [0, 0.1) is 20.8 Å². The number of aromatic nitrogens is 1. The van der Waals surface area contributed by atoms with Gasteiger partial charge in [0, 0.05) is 17.8 Å². The zero-order chi connectivity index (χ0) is 16.8. The molecule has 0 aliphatic heterocycles. The first kappa shape index (κ1) is 18.5. The molecule has 0 aliphatic carbocycles. The molecular weight excluding hydrogens is 320 g/mol. The lowest BCUT2D eigenvalue weighted by atomic mass is 9.95. The molecule has 0 saturated carbocycles. The molecule has 1 unspecified atom stereocenters. The maximum atomic E-state index is 11.5. The Hall–Kier alpha value is -0.590. The summed E-state index contributed by atoms with van der Waals surface area (Å²) < 4.78 is 23.0. The van der Waals surface area contributed by atoms with Crippen LogP contribution in [0.5, 0.6) is 0 Å². The molecule has 5 N–H and O–H groups in total. The summed E-state index contributed by atoms with van der Waals surface area (Å²) in [7, 11) is -11.0. The highest BCUT2D eigenvalue weighted by Gasteiger charge is 2.63. The first-order chi connectivity index (χ1) is 9.25. The SMILES string of the molecule is Cc1ncc(C(C)C(O)(P(=O)(O)O)P(=O)(O)O)c(C)c1C. The Balaban J connectivity index is 3.60. The van der Waals surface area contributed by atoms with Crippen molar-refractivity contribution in [1.82, 2.24) is 4.98 Å². The minimum Gasteiger partial charge on any atom is -0.367 e. The van der Waals surface area contributed by atoms with Crippen molar-refractivity contribution in [3.8, 4) is 0 Å². The second-order valence-electron chi connectivity index (χ2n) is 5.05. The fraction of sp³-hybridized carbons (Fsp3) is 0.545. The van der Waals surface area contributed by atoms with Crippen molar-refractivity contribution >= 4 is 15.2 Å².